The second kappa shape index (κ2) is 2.22. The quantitative estimate of drug-likeness (QED) is 0.567. The largest absolute Gasteiger partial charge is 0.313 e. The summed E-state index contributed by atoms with van der Waals surface area (Å²) in [7, 11) is 0. The van der Waals surface area contributed by atoms with Crippen LogP contribution in [0.1, 0.15) is 32.1 Å². The summed E-state index contributed by atoms with van der Waals surface area (Å²) in [6, 6.07) is 2.26. The average Bonchev–Trinajstić information content (AvgIpc) is 2.31. The fourth-order valence-corrected chi connectivity index (χ4v) is 2.75. The van der Waals surface area contributed by atoms with E-state index in [0.717, 1.165) is 24.7 Å². The van der Waals surface area contributed by atoms with Crippen LogP contribution in [0.25, 0.3) is 0 Å². The van der Waals surface area contributed by atoms with Gasteiger partial charge in [0, 0.05) is 0 Å². The van der Waals surface area contributed by atoms with Gasteiger partial charge in [0.2, 0.25) is 0 Å². The molecule has 0 aromatic rings. The Morgan fingerprint density at radius 2 is 1.82 bits per heavy atom. The van der Waals surface area contributed by atoms with Crippen molar-refractivity contribution in [3.8, 4) is 6.07 Å². The Bertz CT molecular complexity index is 192. The molecule has 0 aromatic carbocycles. The summed E-state index contributed by atoms with van der Waals surface area (Å²) in [6.07, 6.45) is 5.84. The minimum absolute atomic E-state index is 0.468. The molecule has 60 valence electrons. The van der Waals surface area contributed by atoms with E-state index in [9.17, 15) is 0 Å². The van der Waals surface area contributed by atoms with Crippen LogP contribution in [0.3, 0.4) is 0 Å². The molecule has 2 fully saturated rings. The summed E-state index contributed by atoms with van der Waals surface area (Å²) in [5.74, 6) is 1.52. The third-order valence-corrected chi connectivity index (χ3v) is 3.18. The maximum atomic E-state index is 8.84. The van der Waals surface area contributed by atoms with Gasteiger partial charge in [-0.2, -0.15) is 5.26 Å². The first-order chi connectivity index (χ1) is 5.22. The molecule has 2 heteroatoms. The van der Waals surface area contributed by atoms with Crippen molar-refractivity contribution in [2.75, 3.05) is 0 Å². The van der Waals surface area contributed by atoms with Crippen molar-refractivity contribution < 1.29 is 0 Å². The number of nitrogens with two attached hydrogens (primary N) is 1. The Hall–Kier alpha value is -0.550. The van der Waals surface area contributed by atoms with Gasteiger partial charge in [-0.3, -0.25) is 0 Å². The molecule has 2 rings (SSSR count). The first-order valence-corrected chi connectivity index (χ1v) is 4.42. The van der Waals surface area contributed by atoms with Gasteiger partial charge in [-0.25, -0.2) is 0 Å². The molecule has 2 nitrogen and oxygen atoms in total. The zero-order valence-electron chi connectivity index (χ0n) is 6.71. The van der Waals surface area contributed by atoms with Crippen molar-refractivity contribution in [2.45, 2.75) is 37.6 Å². The molecule has 0 radical (unpaired) electrons. The van der Waals surface area contributed by atoms with E-state index >= 15 is 0 Å². The highest BCUT2D eigenvalue weighted by molar-refractivity contribution is 5.10. The van der Waals surface area contributed by atoms with E-state index in [0.29, 0.717) is 0 Å². The van der Waals surface area contributed by atoms with E-state index < -0.39 is 5.54 Å². The summed E-state index contributed by atoms with van der Waals surface area (Å²) in [6.45, 7) is 0. The van der Waals surface area contributed by atoms with Gasteiger partial charge >= 0.3 is 0 Å². The summed E-state index contributed by atoms with van der Waals surface area (Å²) in [5.41, 5.74) is 5.45. The van der Waals surface area contributed by atoms with Crippen LogP contribution in [0.2, 0.25) is 0 Å². The summed E-state index contributed by atoms with van der Waals surface area (Å²) in [5, 5.41) is 8.84. The van der Waals surface area contributed by atoms with E-state index in [-0.39, 0.29) is 0 Å². The minimum atomic E-state index is -0.468. The molecule has 11 heavy (non-hydrogen) atoms. The minimum Gasteiger partial charge on any atom is -0.313 e. The van der Waals surface area contributed by atoms with E-state index in [4.69, 9.17) is 11.0 Å². The maximum Gasteiger partial charge on any atom is 0.104 e. The second-order valence-corrected chi connectivity index (χ2v) is 4.22. The number of fused-ring (bicyclic) bond motifs is 2. The molecule has 2 saturated carbocycles. The van der Waals surface area contributed by atoms with Crippen LogP contribution < -0.4 is 5.73 Å². The molecule has 0 unspecified atom stereocenters. The molecule has 2 N–H and O–H groups in total. The fraction of sp³-hybridized carbons (Fsp3) is 0.889. The van der Waals surface area contributed by atoms with Crippen LogP contribution in [-0.2, 0) is 0 Å². The molecule has 2 aliphatic carbocycles. The average molecular weight is 150 g/mol. The third kappa shape index (κ3) is 1.14. The summed E-state index contributed by atoms with van der Waals surface area (Å²) < 4.78 is 0. The van der Waals surface area contributed by atoms with Crippen LogP contribution >= 0.6 is 0 Å². The number of nitriles is 1. The highest BCUT2D eigenvalue weighted by Gasteiger charge is 2.41. The number of hydrogen-bond donors (Lipinski definition) is 1. The number of hydrogen-bond acceptors (Lipinski definition) is 2. The first kappa shape index (κ1) is 7.12. The lowest BCUT2D eigenvalue weighted by molar-refractivity contribution is 0.268. The van der Waals surface area contributed by atoms with Crippen LogP contribution in [-0.4, -0.2) is 5.54 Å². The molecule has 0 aromatic heterocycles. The smallest absolute Gasteiger partial charge is 0.104 e. The molecule has 0 amide bonds. The SMILES string of the molecule is N#C[C@]1(N)C[C@@H]2CC[C@@H](C2)C1. The molecular formula is C9H14N2. The molecule has 0 aliphatic heterocycles. The molecule has 0 heterocycles. The first-order valence-electron chi connectivity index (χ1n) is 4.42. The third-order valence-electron chi connectivity index (χ3n) is 3.18. The summed E-state index contributed by atoms with van der Waals surface area (Å²) in [4.78, 5) is 0. The lowest BCUT2D eigenvalue weighted by Crippen LogP contribution is -2.43. The van der Waals surface area contributed by atoms with Gasteiger partial charge in [-0.1, -0.05) is 12.8 Å². The van der Waals surface area contributed by atoms with Crippen molar-refractivity contribution >= 4 is 0 Å². The zero-order chi connectivity index (χ0) is 7.90. The monoisotopic (exact) mass is 150 g/mol. The topological polar surface area (TPSA) is 49.8 Å². The van der Waals surface area contributed by atoms with Gasteiger partial charge in [0.05, 0.1) is 6.07 Å². The highest BCUT2D eigenvalue weighted by atomic mass is 14.8. The van der Waals surface area contributed by atoms with Crippen molar-refractivity contribution in [1.29, 1.82) is 5.26 Å². The van der Waals surface area contributed by atoms with Crippen LogP contribution in [0.4, 0.5) is 0 Å². The van der Waals surface area contributed by atoms with Gasteiger partial charge in [-0.15, -0.1) is 0 Å². The molecule has 0 saturated heterocycles. The van der Waals surface area contributed by atoms with Gasteiger partial charge in [-0.05, 0) is 31.1 Å². The molecule has 3 atom stereocenters. The predicted octanol–water partition coefficient (Wildman–Crippen LogP) is 1.42. The Morgan fingerprint density at radius 1 is 1.27 bits per heavy atom. The van der Waals surface area contributed by atoms with Gasteiger partial charge in [0.25, 0.3) is 0 Å². The Labute approximate surface area is 67.4 Å². The van der Waals surface area contributed by atoms with Gasteiger partial charge < -0.3 is 5.73 Å². The fourth-order valence-electron chi connectivity index (χ4n) is 2.75. The second-order valence-electron chi connectivity index (χ2n) is 4.22. The maximum absolute atomic E-state index is 8.84. The predicted molar refractivity (Wildman–Crippen MR) is 42.6 cm³/mol. The number of rotatable bonds is 0. The normalized spacial score (nSPS) is 48.7. The van der Waals surface area contributed by atoms with Crippen LogP contribution in [0, 0.1) is 23.2 Å². The van der Waals surface area contributed by atoms with Crippen LogP contribution in [0.5, 0.6) is 0 Å². The lowest BCUT2D eigenvalue weighted by Gasteiger charge is -2.31. The van der Waals surface area contributed by atoms with E-state index in [2.05, 4.69) is 6.07 Å². The van der Waals surface area contributed by atoms with E-state index in [1.807, 2.05) is 0 Å². The molecule has 2 aliphatic rings. The zero-order valence-corrected chi connectivity index (χ0v) is 6.71. The van der Waals surface area contributed by atoms with Crippen molar-refractivity contribution in [1.82, 2.24) is 0 Å². The van der Waals surface area contributed by atoms with Crippen molar-refractivity contribution in [3.63, 3.8) is 0 Å². The Balaban J connectivity index is 2.15. The van der Waals surface area contributed by atoms with Gasteiger partial charge in [0.1, 0.15) is 5.54 Å². The standard InChI is InChI=1S/C9H14N2/c10-6-9(11)4-7-1-2-8(3-7)5-9/h7-8H,1-5,11H2/t7-,8+,9+. The van der Waals surface area contributed by atoms with E-state index in [1.165, 1.54) is 19.3 Å². The molecular weight excluding hydrogens is 136 g/mol. The number of nitrogens with zero attached hydrogens (tertiary/aromatic N) is 1. The van der Waals surface area contributed by atoms with Crippen molar-refractivity contribution in [2.24, 2.45) is 17.6 Å². The molecule has 0 spiro atoms. The lowest BCUT2D eigenvalue weighted by atomic mass is 9.77. The van der Waals surface area contributed by atoms with Crippen LogP contribution in [0.15, 0.2) is 0 Å². The molecule has 2 bridgehead atoms. The van der Waals surface area contributed by atoms with Gasteiger partial charge in [0.15, 0.2) is 0 Å². The van der Waals surface area contributed by atoms with E-state index in [1.54, 1.807) is 0 Å². The Morgan fingerprint density at radius 3 is 2.27 bits per heavy atom. The Kier molecular flexibility index (Phi) is 1.43. The highest BCUT2D eigenvalue weighted by Crippen LogP contribution is 2.45. The van der Waals surface area contributed by atoms with Crippen molar-refractivity contribution in [3.05, 3.63) is 0 Å². The summed E-state index contributed by atoms with van der Waals surface area (Å²) >= 11 is 0.